The second-order valence-electron chi connectivity index (χ2n) is 3.29. The van der Waals surface area contributed by atoms with Gasteiger partial charge in [-0.25, -0.2) is 4.98 Å². The van der Waals surface area contributed by atoms with Crippen LogP contribution in [0.3, 0.4) is 0 Å². The maximum absolute atomic E-state index is 11.3. The molecule has 0 aliphatic carbocycles. The van der Waals surface area contributed by atoms with Crippen molar-refractivity contribution < 1.29 is 9.53 Å². The number of rotatable bonds is 1. The van der Waals surface area contributed by atoms with Crippen LogP contribution in [0.5, 0.6) is 5.88 Å². The summed E-state index contributed by atoms with van der Waals surface area (Å²) in [6.07, 6.45) is 4.12. The highest BCUT2D eigenvalue weighted by Crippen LogP contribution is 2.24. The van der Waals surface area contributed by atoms with E-state index < -0.39 is 0 Å². The zero-order valence-corrected chi connectivity index (χ0v) is 8.04. The molecule has 0 unspecified atom stereocenters. The zero-order chi connectivity index (χ0) is 9.97. The lowest BCUT2D eigenvalue weighted by molar-refractivity contribution is -0.116. The van der Waals surface area contributed by atoms with E-state index >= 15 is 0 Å². The summed E-state index contributed by atoms with van der Waals surface area (Å²) < 4.78 is 4.99. The second kappa shape index (κ2) is 3.65. The number of anilines is 1. The molecule has 0 fully saturated rings. The van der Waals surface area contributed by atoms with Gasteiger partial charge in [-0.05, 0) is 18.4 Å². The Morgan fingerprint density at radius 3 is 3.14 bits per heavy atom. The number of carbonyl (C=O) groups is 1. The van der Waals surface area contributed by atoms with Gasteiger partial charge in [0.15, 0.2) is 0 Å². The maximum Gasteiger partial charge on any atom is 0.224 e. The van der Waals surface area contributed by atoms with Crippen LogP contribution in [0.4, 0.5) is 5.69 Å². The quantitative estimate of drug-likeness (QED) is 0.731. The fraction of sp³-hybridized carbons (Fsp3) is 0.400. The highest BCUT2D eigenvalue weighted by Gasteiger charge is 2.13. The van der Waals surface area contributed by atoms with Crippen LogP contribution in [-0.4, -0.2) is 18.0 Å². The number of hydrogen-bond donors (Lipinski definition) is 1. The number of aromatic nitrogens is 1. The first-order valence-corrected chi connectivity index (χ1v) is 4.62. The van der Waals surface area contributed by atoms with Crippen molar-refractivity contribution in [3.05, 3.63) is 17.8 Å². The smallest absolute Gasteiger partial charge is 0.224 e. The molecule has 0 aromatic carbocycles. The summed E-state index contributed by atoms with van der Waals surface area (Å²) in [6, 6.07) is 1.76. The number of hydrogen-bond acceptors (Lipinski definition) is 3. The molecule has 0 saturated heterocycles. The molecule has 0 radical (unpaired) electrons. The monoisotopic (exact) mass is 192 g/mol. The summed E-state index contributed by atoms with van der Waals surface area (Å²) in [7, 11) is 1.56. The fourth-order valence-electron chi connectivity index (χ4n) is 1.54. The van der Waals surface area contributed by atoms with Crippen LogP contribution in [-0.2, 0) is 11.2 Å². The topological polar surface area (TPSA) is 51.2 Å². The standard InChI is InChI=1S/C10H12N2O2/c1-14-10-5-8-7(6-11-10)3-2-4-9(13)12-8/h5-6H,2-4H2,1H3,(H,12,13). The number of nitrogens with zero attached hydrogens (tertiary/aromatic N) is 1. The lowest BCUT2D eigenvalue weighted by Crippen LogP contribution is -2.09. The average molecular weight is 192 g/mol. The van der Waals surface area contributed by atoms with Crippen molar-refractivity contribution in [3.8, 4) is 5.88 Å². The summed E-state index contributed by atoms with van der Waals surface area (Å²) in [4.78, 5) is 15.4. The molecule has 2 rings (SSSR count). The van der Waals surface area contributed by atoms with Crippen molar-refractivity contribution in [2.24, 2.45) is 0 Å². The first kappa shape index (κ1) is 8.99. The van der Waals surface area contributed by atoms with Gasteiger partial charge in [-0.3, -0.25) is 4.79 Å². The van der Waals surface area contributed by atoms with Crippen molar-refractivity contribution in [3.63, 3.8) is 0 Å². The molecule has 1 aliphatic rings. The van der Waals surface area contributed by atoms with E-state index in [2.05, 4.69) is 10.3 Å². The van der Waals surface area contributed by atoms with Gasteiger partial charge in [0.2, 0.25) is 11.8 Å². The molecule has 1 aromatic rings. The van der Waals surface area contributed by atoms with Crippen LogP contribution in [0, 0.1) is 0 Å². The lowest BCUT2D eigenvalue weighted by Gasteiger charge is -2.07. The molecule has 2 heterocycles. The van der Waals surface area contributed by atoms with Crippen LogP contribution in [0.2, 0.25) is 0 Å². The van der Waals surface area contributed by atoms with Crippen molar-refractivity contribution >= 4 is 11.6 Å². The minimum atomic E-state index is 0.0667. The number of fused-ring (bicyclic) bond motifs is 1. The summed E-state index contributed by atoms with van der Waals surface area (Å²) in [5.41, 5.74) is 1.91. The predicted molar refractivity (Wildman–Crippen MR) is 52.4 cm³/mol. The van der Waals surface area contributed by atoms with Gasteiger partial charge in [-0.2, -0.15) is 0 Å². The Kier molecular flexibility index (Phi) is 2.35. The van der Waals surface area contributed by atoms with E-state index in [1.807, 2.05) is 0 Å². The minimum Gasteiger partial charge on any atom is -0.481 e. The van der Waals surface area contributed by atoms with Gasteiger partial charge in [-0.15, -0.1) is 0 Å². The third kappa shape index (κ3) is 1.69. The van der Waals surface area contributed by atoms with Gasteiger partial charge >= 0.3 is 0 Å². The minimum absolute atomic E-state index is 0.0667. The van der Waals surface area contributed by atoms with Gasteiger partial charge in [0.05, 0.1) is 12.8 Å². The van der Waals surface area contributed by atoms with Gasteiger partial charge in [0.25, 0.3) is 0 Å². The zero-order valence-electron chi connectivity index (χ0n) is 8.04. The fourth-order valence-corrected chi connectivity index (χ4v) is 1.54. The number of ether oxygens (including phenoxy) is 1. The molecule has 1 aromatic heterocycles. The van der Waals surface area contributed by atoms with Gasteiger partial charge in [0.1, 0.15) is 0 Å². The number of aryl methyl sites for hydroxylation is 1. The number of pyridine rings is 1. The largest absolute Gasteiger partial charge is 0.481 e. The Hall–Kier alpha value is -1.58. The van der Waals surface area contributed by atoms with Crippen molar-refractivity contribution in [1.82, 2.24) is 4.98 Å². The van der Waals surface area contributed by atoms with E-state index in [9.17, 15) is 4.79 Å². The summed E-state index contributed by atoms with van der Waals surface area (Å²) in [5, 5.41) is 2.84. The predicted octanol–water partition coefficient (Wildman–Crippen LogP) is 1.36. The summed E-state index contributed by atoms with van der Waals surface area (Å²) >= 11 is 0. The molecule has 14 heavy (non-hydrogen) atoms. The summed E-state index contributed by atoms with van der Waals surface area (Å²) in [5.74, 6) is 0.600. The lowest BCUT2D eigenvalue weighted by atomic mass is 10.1. The number of nitrogens with one attached hydrogen (secondary N) is 1. The van der Waals surface area contributed by atoms with E-state index in [0.717, 1.165) is 24.1 Å². The molecule has 1 amide bonds. The second-order valence-corrected chi connectivity index (χ2v) is 3.29. The molecular weight excluding hydrogens is 180 g/mol. The van der Waals surface area contributed by atoms with Gasteiger partial charge in [0, 0.05) is 18.7 Å². The first-order chi connectivity index (χ1) is 6.79. The Labute approximate surface area is 82.3 Å². The van der Waals surface area contributed by atoms with E-state index in [-0.39, 0.29) is 5.91 Å². The molecule has 1 aliphatic heterocycles. The molecule has 0 bridgehead atoms. The van der Waals surface area contributed by atoms with Crippen LogP contribution < -0.4 is 10.1 Å². The Morgan fingerprint density at radius 2 is 2.36 bits per heavy atom. The van der Waals surface area contributed by atoms with Crippen LogP contribution in [0.15, 0.2) is 12.3 Å². The van der Waals surface area contributed by atoms with E-state index in [1.165, 1.54) is 0 Å². The number of methoxy groups -OCH3 is 1. The van der Waals surface area contributed by atoms with Crippen LogP contribution in [0.1, 0.15) is 18.4 Å². The van der Waals surface area contributed by atoms with Crippen molar-refractivity contribution in [2.45, 2.75) is 19.3 Å². The van der Waals surface area contributed by atoms with Crippen molar-refractivity contribution in [1.29, 1.82) is 0 Å². The molecule has 0 atom stereocenters. The van der Waals surface area contributed by atoms with Crippen molar-refractivity contribution in [2.75, 3.05) is 12.4 Å². The third-order valence-corrected chi connectivity index (χ3v) is 2.29. The Balaban J connectivity index is 2.36. The third-order valence-electron chi connectivity index (χ3n) is 2.29. The molecule has 0 spiro atoms. The molecule has 4 nitrogen and oxygen atoms in total. The Morgan fingerprint density at radius 1 is 1.50 bits per heavy atom. The molecule has 0 saturated carbocycles. The van der Waals surface area contributed by atoms with Crippen LogP contribution >= 0.6 is 0 Å². The van der Waals surface area contributed by atoms with E-state index in [1.54, 1.807) is 19.4 Å². The highest BCUT2D eigenvalue weighted by molar-refractivity contribution is 5.92. The highest BCUT2D eigenvalue weighted by atomic mass is 16.5. The molecular formula is C10H12N2O2. The molecule has 74 valence electrons. The SMILES string of the molecule is COc1cc2c(cn1)CCCC(=O)N2. The average Bonchev–Trinajstić information content (AvgIpc) is 2.37. The van der Waals surface area contributed by atoms with E-state index in [4.69, 9.17) is 4.74 Å². The number of carbonyl (C=O) groups excluding carboxylic acids is 1. The first-order valence-electron chi connectivity index (χ1n) is 4.62. The molecule has 1 N–H and O–H groups in total. The van der Waals surface area contributed by atoms with Gasteiger partial charge in [-0.1, -0.05) is 0 Å². The van der Waals surface area contributed by atoms with Gasteiger partial charge < -0.3 is 10.1 Å². The maximum atomic E-state index is 11.3. The van der Waals surface area contributed by atoms with E-state index in [0.29, 0.717) is 12.3 Å². The van der Waals surface area contributed by atoms with Crippen LogP contribution in [0.25, 0.3) is 0 Å². The molecule has 4 heteroatoms. The Bertz CT molecular complexity index is 363. The number of amides is 1. The summed E-state index contributed by atoms with van der Waals surface area (Å²) in [6.45, 7) is 0. The normalized spacial score (nSPS) is 15.4.